The van der Waals surface area contributed by atoms with E-state index < -0.39 is 11.4 Å². The van der Waals surface area contributed by atoms with Crippen molar-refractivity contribution < 1.29 is 14.3 Å². The summed E-state index contributed by atoms with van der Waals surface area (Å²) in [5, 5.41) is 9.74. The SMILES string of the molecule is CC1(O)CCN(C(=O)c2ccccc2F)C1. The summed E-state index contributed by atoms with van der Waals surface area (Å²) in [6.45, 7) is 2.42. The molecule has 1 fully saturated rings. The van der Waals surface area contributed by atoms with Crippen LogP contribution in [-0.4, -0.2) is 34.6 Å². The number of benzene rings is 1. The van der Waals surface area contributed by atoms with Gasteiger partial charge < -0.3 is 10.0 Å². The molecule has 0 aliphatic carbocycles. The molecule has 0 saturated carbocycles. The Balaban J connectivity index is 2.18. The standard InChI is InChI=1S/C12H14FNO2/c1-12(16)6-7-14(8-12)11(15)9-4-2-3-5-10(9)13/h2-5,16H,6-8H2,1H3. The Morgan fingerprint density at radius 3 is 2.75 bits per heavy atom. The van der Waals surface area contributed by atoms with Gasteiger partial charge in [0.05, 0.1) is 11.2 Å². The molecule has 1 aromatic carbocycles. The van der Waals surface area contributed by atoms with Crippen LogP contribution in [0.5, 0.6) is 0 Å². The van der Waals surface area contributed by atoms with E-state index in [1.165, 1.54) is 17.0 Å². The number of hydrogen-bond acceptors (Lipinski definition) is 2. The van der Waals surface area contributed by atoms with E-state index in [1.54, 1.807) is 19.1 Å². The number of halogens is 1. The predicted octanol–water partition coefficient (Wildman–Crippen LogP) is 1.42. The first-order valence-corrected chi connectivity index (χ1v) is 5.26. The number of hydrogen-bond donors (Lipinski definition) is 1. The van der Waals surface area contributed by atoms with E-state index in [9.17, 15) is 14.3 Å². The summed E-state index contributed by atoms with van der Waals surface area (Å²) in [6.07, 6.45) is 0.535. The minimum absolute atomic E-state index is 0.0696. The third-order valence-corrected chi connectivity index (χ3v) is 2.84. The van der Waals surface area contributed by atoms with Crippen LogP contribution in [0.15, 0.2) is 24.3 Å². The molecule has 1 aliphatic rings. The first-order chi connectivity index (χ1) is 7.49. The monoisotopic (exact) mass is 223 g/mol. The Kier molecular flexibility index (Phi) is 2.68. The number of carbonyl (C=O) groups excluding carboxylic acids is 1. The summed E-state index contributed by atoms with van der Waals surface area (Å²) in [6, 6.07) is 5.91. The third-order valence-electron chi connectivity index (χ3n) is 2.84. The van der Waals surface area contributed by atoms with Gasteiger partial charge in [-0.2, -0.15) is 0 Å². The lowest BCUT2D eigenvalue weighted by Gasteiger charge is -2.19. The van der Waals surface area contributed by atoms with E-state index in [1.807, 2.05) is 0 Å². The average Bonchev–Trinajstić information content (AvgIpc) is 2.59. The molecule has 1 unspecified atom stereocenters. The Hall–Kier alpha value is -1.42. The van der Waals surface area contributed by atoms with E-state index >= 15 is 0 Å². The van der Waals surface area contributed by atoms with Gasteiger partial charge in [-0.1, -0.05) is 12.1 Å². The highest BCUT2D eigenvalue weighted by Crippen LogP contribution is 2.22. The normalized spacial score (nSPS) is 24.8. The molecule has 1 N–H and O–H groups in total. The zero-order valence-corrected chi connectivity index (χ0v) is 9.11. The summed E-state index contributed by atoms with van der Waals surface area (Å²) in [5.41, 5.74) is -0.777. The molecule has 0 radical (unpaired) electrons. The molecule has 1 heterocycles. The molecule has 3 nitrogen and oxygen atoms in total. The molecule has 0 spiro atoms. The fourth-order valence-electron chi connectivity index (χ4n) is 1.92. The van der Waals surface area contributed by atoms with Crippen LogP contribution >= 0.6 is 0 Å². The molecule has 0 aromatic heterocycles. The molecule has 2 rings (SSSR count). The first-order valence-electron chi connectivity index (χ1n) is 5.26. The van der Waals surface area contributed by atoms with Gasteiger partial charge in [-0.05, 0) is 25.5 Å². The lowest BCUT2D eigenvalue weighted by Crippen LogP contribution is -2.34. The van der Waals surface area contributed by atoms with Gasteiger partial charge >= 0.3 is 0 Å². The van der Waals surface area contributed by atoms with Crippen LogP contribution in [0.1, 0.15) is 23.7 Å². The molecule has 0 bridgehead atoms. The summed E-state index contributed by atoms with van der Waals surface area (Å²) in [7, 11) is 0. The molecule has 4 heteroatoms. The van der Waals surface area contributed by atoms with Gasteiger partial charge in [0.2, 0.25) is 0 Å². The van der Waals surface area contributed by atoms with Crippen LogP contribution in [0.2, 0.25) is 0 Å². The molecular formula is C12H14FNO2. The van der Waals surface area contributed by atoms with Gasteiger partial charge in [0.25, 0.3) is 5.91 Å². The molecule has 1 aromatic rings. The fraction of sp³-hybridized carbons (Fsp3) is 0.417. The fourth-order valence-corrected chi connectivity index (χ4v) is 1.92. The zero-order valence-electron chi connectivity index (χ0n) is 9.11. The zero-order chi connectivity index (χ0) is 11.8. The van der Waals surface area contributed by atoms with Crippen LogP contribution < -0.4 is 0 Å². The van der Waals surface area contributed by atoms with Crippen molar-refractivity contribution in [2.24, 2.45) is 0 Å². The number of amides is 1. The highest BCUT2D eigenvalue weighted by atomic mass is 19.1. The Morgan fingerprint density at radius 2 is 2.19 bits per heavy atom. The second kappa shape index (κ2) is 3.87. The van der Waals surface area contributed by atoms with E-state index in [-0.39, 0.29) is 18.0 Å². The second-order valence-corrected chi connectivity index (χ2v) is 4.45. The molecular weight excluding hydrogens is 209 g/mol. The Bertz CT molecular complexity index is 417. The molecule has 16 heavy (non-hydrogen) atoms. The Labute approximate surface area is 93.5 Å². The highest BCUT2D eigenvalue weighted by molar-refractivity contribution is 5.94. The van der Waals surface area contributed by atoms with Crippen molar-refractivity contribution in [3.63, 3.8) is 0 Å². The Morgan fingerprint density at radius 1 is 1.50 bits per heavy atom. The topological polar surface area (TPSA) is 40.5 Å². The van der Waals surface area contributed by atoms with Crippen molar-refractivity contribution in [2.75, 3.05) is 13.1 Å². The molecule has 1 aliphatic heterocycles. The van der Waals surface area contributed by atoms with Gasteiger partial charge in [-0.15, -0.1) is 0 Å². The highest BCUT2D eigenvalue weighted by Gasteiger charge is 2.34. The van der Waals surface area contributed by atoms with E-state index in [0.717, 1.165) is 0 Å². The molecule has 1 atom stereocenters. The van der Waals surface area contributed by atoms with Crippen LogP contribution in [0.4, 0.5) is 4.39 Å². The van der Waals surface area contributed by atoms with Crippen molar-refractivity contribution in [2.45, 2.75) is 18.9 Å². The average molecular weight is 223 g/mol. The molecule has 86 valence electrons. The lowest BCUT2D eigenvalue weighted by molar-refractivity contribution is 0.0569. The minimum atomic E-state index is -0.846. The maximum atomic E-state index is 13.4. The maximum absolute atomic E-state index is 13.4. The van der Waals surface area contributed by atoms with E-state index in [0.29, 0.717) is 13.0 Å². The second-order valence-electron chi connectivity index (χ2n) is 4.45. The number of likely N-dealkylation sites (tertiary alicyclic amines) is 1. The number of carbonyl (C=O) groups is 1. The lowest BCUT2D eigenvalue weighted by atomic mass is 10.1. The summed E-state index contributed by atoms with van der Waals surface area (Å²) in [5.74, 6) is -0.866. The van der Waals surface area contributed by atoms with Crippen LogP contribution in [0.25, 0.3) is 0 Å². The van der Waals surface area contributed by atoms with Crippen molar-refractivity contribution in [3.8, 4) is 0 Å². The number of nitrogens with zero attached hydrogens (tertiary/aromatic N) is 1. The summed E-state index contributed by atoms with van der Waals surface area (Å²) >= 11 is 0. The van der Waals surface area contributed by atoms with Gasteiger partial charge in [0, 0.05) is 13.1 Å². The quantitative estimate of drug-likeness (QED) is 0.782. The van der Waals surface area contributed by atoms with Gasteiger partial charge in [-0.3, -0.25) is 4.79 Å². The summed E-state index contributed by atoms with van der Waals surface area (Å²) < 4.78 is 13.4. The van der Waals surface area contributed by atoms with Crippen LogP contribution in [0, 0.1) is 5.82 Å². The predicted molar refractivity (Wildman–Crippen MR) is 57.5 cm³/mol. The third kappa shape index (κ3) is 2.07. The van der Waals surface area contributed by atoms with Crippen molar-refractivity contribution in [1.82, 2.24) is 4.90 Å². The van der Waals surface area contributed by atoms with Crippen LogP contribution in [0.3, 0.4) is 0 Å². The largest absolute Gasteiger partial charge is 0.388 e. The minimum Gasteiger partial charge on any atom is -0.388 e. The van der Waals surface area contributed by atoms with Gasteiger partial charge in [-0.25, -0.2) is 4.39 Å². The number of β-amino-alcohol motifs (C(OH)–C–C–N with tert-alkyl or cyclic N) is 1. The first kappa shape index (κ1) is 11.1. The number of rotatable bonds is 1. The van der Waals surface area contributed by atoms with Crippen molar-refractivity contribution in [1.29, 1.82) is 0 Å². The smallest absolute Gasteiger partial charge is 0.256 e. The number of aliphatic hydroxyl groups is 1. The summed E-state index contributed by atoms with van der Waals surface area (Å²) in [4.78, 5) is 13.4. The van der Waals surface area contributed by atoms with E-state index in [4.69, 9.17) is 0 Å². The van der Waals surface area contributed by atoms with Crippen molar-refractivity contribution in [3.05, 3.63) is 35.6 Å². The van der Waals surface area contributed by atoms with Crippen molar-refractivity contribution >= 4 is 5.91 Å². The maximum Gasteiger partial charge on any atom is 0.256 e. The van der Waals surface area contributed by atoms with Gasteiger partial charge in [0.15, 0.2) is 0 Å². The molecule has 1 amide bonds. The van der Waals surface area contributed by atoms with E-state index in [2.05, 4.69) is 0 Å². The molecule has 1 saturated heterocycles. The van der Waals surface area contributed by atoms with Gasteiger partial charge in [0.1, 0.15) is 5.82 Å². The van der Waals surface area contributed by atoms with Crippen LogP contribution in [-0.2, 0) is 0 Å².